The van der Waals surface area contributed by atoms with E-state index in [1.165, 1.54) is 66.0 Å². The van der Waals surface area contributed by atoms with Crippen LogP contribution < -0.4 is 0 Å². The van der Waals surface area contributed by atoms with Crippen molar-refractivity contribution in [2.75, 3.05) is 0 Å². The van der Waals surface area contributed by atoms with Crippen LogP contribution >= 0.6 is 0 Å². The molecule has 2 heterocycles. The van der Waals surface area contributed by atoms with Crippen LogP contribution in [0.15, 0.2) is 150 Å². The highest BCUT2D eigenvalue weighted by Gasteiger charge is 2.25. The van der Waals surface area contributed by atoms with Gasteiger partial charge in [0.15, 0.2) is 0 Å². The number of para-hydroxylation sites is 2. The highest BCUT2D eigenvalue weighted by atomic mass is 15.1. The number of aromatic nitrogens is 2. The van der Waals surface area contributed by atoms with E-state index in [0.717, 1.165) is 38.5 Å². The van der Waals surface area contributed by atoms with Crippen LogP contribution in [0.25, 0.3) is 49.3 Å². The van der Waals surface area contributed by atoms with Gasteiger partial charge in [0.05, 0.1) is 22.6 Å². The Hall–Kier alpha value is -4.82. The van der Waals surface area contributed by atoms with E-state index in [9.17, 15) is 0 Å². The molecule has 5 aromatic rings. The Morgan fingerprint density at radius 1 is 0.614 bits per heavy atom. The van der Waals surface area contributed by atoms with Crippen molar-refractivity contribution in [2.24, 2.45) is 5.92 Å². The van der Waals surface area contributed by atoms with Gasteiger partial charge in [-0.1, -0.05) is 115 Å². The molecule has 2 unspecified atom stereocenters. The first-order valence-corrected chi connectivity index (χ1v) is 16.3. The van der Waals surface area contributed by atoms with Crippen molar-refractivity contribution >= 4 is 49.3 Å². The van der Waals surface area contributed by atoms with Crippen molar-refractivity contribution in [3.8, 4) is 0 Å². The van der Waals surface area contributed by atoms with Crippen LogP contribution in [0.3, 0.4) is 0 Å². The number of benzene rings is 3. The lowest BCUT2D eigenvalue weighted by atomic mass is 9.87. The van der Waals surface area contributed by atoms with E-state index >= 15 is 0 Å². The summed E-state index contributed by atoms with van der Waals surface area (Å²) in [6, 6.07) is 23.1. The smallest absolute Gasteiger partial charge is 0.0782 e. The molecule has 44 heavy (non-hydrogen) atoms. The van der Waals surface area contributed by atoms with Gasteiger partial charge in [-0.25, -0.2) is 0 Å². The number of hydrogen-bond acceptors (Lipinski definition) is 0. The second-order valence-electron chi connectivity index (χ2n) is 12.6. The summed E-state index contributed by atoms with van der Waals surface area (Å²) >= 11 is 0. The molecule has 2 aromatic heterocycles. The molecular formula is C42H36N2. The van der Waals surface area contributed by atoms with Gasteiger partial charge in [-0.2, -0.15) is 0 Å². The topological polar surface area (TPSA) is 9.86 Å². The van der Waals surface area contributed by atoms with Crippen LogP contribution in [0.2, 0.25) is 0 Å². The summed E-state index contributed by atoms with van der Waals surface area (Å²) in [6.07, 6.45) is 34.7. The van der Waals surface area contributed by atoms with Gasteiger partial charge in [-0.3, -0.25) is 0 Å². The third-order valence-electron chi connectivity index (χ3n) is 10.0. The monoisotopic (exact) mass is 568 g/mol. The quantitative estimate of drug-likeness (QED) is 0.204. The van der Waals surface area contributed by atoms with E-state index in [1.54, 1.807) is 0 Å². The highest BCUT2D eigenvalue weighted by molar-refractivity contribution is 6.23. The second-order valence-corrected chi connectivity index (χ2v) is 12.6. The first-order chi connectivity index (χ1) is 21.8. The summed E-state index contributed by atoms with van der Waals surface area (Å²) < 4.78 is 5.28. The first kappa shape index (κ1) is 25.7. The number of fused-ring (bicyclic) bond motifs is 7. The van der Waals surface area contributed by atoms with Crippen LogP contribution in [0.4, 0.5) is 0 Å². The van der Waals surface area contributed by atoms with Crippen molar-refractivity contribution < 1.29 is 0 Å². The zero-order valence-corrected chi connectivity index (χ0v) is 25.0. The number of allylic oxidation sites excluding steroid dienone is 16. The fourth-order valence-corrected chi connectivity index (χ4v) is 8.01. The Kier molecular flexibility index (Phi) is 6.07. The lowest BCUT2D eigenvalue weighted by Crippen LogP contribution is -2.12. The molecule has 4 aliphatic carbocycles. The molecule has 0 bridgehead atoms. The molecule has 0 saturated carbocycles. The van der Waals surface area contributed by atoms with Crippen LogP contribution in [-0.2, 0) is 0 Å². The van der Waals surface area contributed by atoms with Gasteiger partial charge in [0.25, 0.3) is 0 Å². The molecule has 0 aliphatic heterocycles. The lowest BCUT2D eigenvalue weighted by molar-refractivity contribution is 0.628. The van der Waals surface area contributed by atoms with Gasteiger partial charge in [0.2, 0.25) is 0 Å². The maximum Gasteiger partial charge on any atom is 0.0782 e. The largest absolute Gasteiger partial charge is 0.331 e. The Morgan fingerprint density at radius 2 is 1.41 bits per heavy atom. The summed E-state index contributed by atoms with van der Waals surface area (Å²) in [6.45, 7) is 0. The molecular weight excluding hydrogens is 532 g/mol. The molecule has 0 saturated heterocycles. The molecule has 4 aliphatic rings. The Morgan fingerprint density at radius 3 is 2.23 bits per heavy atom. The predicted molar refractivity (Wildman–Crippen MR) is 188 cm³/mol. The fraction of sp³-hybridized carbons (Fsp3) is 0.190. The van der Waals surface area contributed by atoms with Crippen molar-refractivity contribution in [3.05, 3.63) is 150 Å². The van der Waals surface area contributed by atoms with E-state index in [1.807, 2.05) is 0 Å². The van der Waals surface area contributed by atoms with Crippen LogP contribution in [0.5, 0.6) is 0 Å². The molecule has 0 spiro atoms. The molecule has 0 radical (unpaired) electrons. The van der Waals surface area contributed by atoms with E-state index < -0.39 is 0 Å². The Labute approximate surface area is 258 Å². The van der Waals surface area contributed by atoms with Crippen molar-refractivity contribution in [1.82, 2.24) is 9.13 Å². The minimum Gasteiger partial charge on any atom is -0.331 e. The van der Waals surface area contributed by atoms with Gasteiger partial charge < -0.3 is 9.13 Å². The molecule has 2 atom stereocenters. The van der Waals surface area contributed by atoms with Gasteiger partial charge in [-0.15, -0.1) is 0 Å². The van der Waals surface area contributed by atoms with E-state index in [2.05, 4.69) is 143 Å². The molecule has 0 N–H and O–H groups in total. The van der Waals surface area contributed by atoms with Gasteiger partial charge in [0.1, 0.15) is 0 Å². The summed E-state index contributed by atoms with van der Waals surface area (Å²) in [5.41, 5.74) is 10.8. The minimum absolute atomic E-state index is 0.252. The summed E-state index contributed by atoms with van der Waals surface area (Å²) in [7, 11) is 0. The minimum atomic E-state index is 0.252. The molecule has 0 fully saturated rings. The summed E-state index contributed by atoms with van der Waals surface area (Å²) in [4.78, 5) is 0. The average Bonchev–Trinajstić information content (AvgIpc) is 3.62. The van der Waals surface area contributed by atoms with Crippen LogP contribution in [0, 0.1) is 5.92 Å². The Bertz CT molecular complexity index is 2230. The van der Waals surface area contributed by atoms with Crippen LogP contribution in [0.1, 0.15) is 44.6 Å². The first-order valence-electron chi connectivity index (χ1n) is 16.3. The average molecular weight is 569 g/mol. The normalized spacial score (nSPS) is 21.7. The third-order valence-corrected chi connectivity index (χ3v) is 10.0. The zero-order chi connectivity index (χ0) is 29.0. The van der Waals surface area contributed by atoms with E-state index in [0.29, 0.717) is 5.92 Å². The molecule has 2 heteroatoms. The maximum atomic E-state index is 2.67. The molecule has 2 nitrogen and oxygen atoms in total. The maximum absolute atomic E-state index is 2.67. The van der Waals surface area contributed by atoms with Gasteiger partial charge in [0, 0.05) is 38.7 Å². The van der Waals surface area contributed by atoms with Crippen LogP contribution in [-0.4, -0.2) is 9.13 Å². The molecule has 214 valence electrons. The van der Waals surface area contributed by atoms with E-state index in [-0.39, 0.29) is 6.04 Å². The fourth-order valence-electron chi connectivity index (χ4n) is 8.01. The SMILES string of the molecule is C1=CCC(C2=CC(n3c4ccccc4c4ccc5c6ccccc6n(C6=CC(C7=CCCC=C7)=CCC6)c5c43)CC=C2)C=C1. The standard InChI is InChI=1S/C42H36N2/c1-3-13-29(14-4-1)31-17-11-19-33(27-31)43-39-23-9-7-21-35(39)37-25-26-38-36-22-8-10-24-40(36)44(42(38)41(37)43)34-20-12-18-32(28-34)30-15-5-2-6-16-30/h1,3-5,7-11,13,15-18,21-29,33H,2,6,12,14,19-20H2. The second kappa shape index (κ2) is 10.4. The number of hydrogen-bond donors (Lipinski definition) is 0. The zero-order valence-electron chi connectivity index (χ0n) is 25.0. The van der Waals surface area contributed by atoms with E-state index in [4.69, 9.17) is 0 Å². The third kappa shape index (κ3) is 4.01. The molecule has 3 aromatic carbocycles. The van der Waals surface area contributed by atoms with Crippen molar-refractivity contribution in [2.45, 2.75) is 44.6 Å². The summed E-state index contributed by atoms with van der Waals surface area (Å²) in [5.74, 6) is 0.444. The van der Waals surface area contributed by atoms with Crippen molar-refractivity contribution in [3.63, 3.8) is 0 Å². The number of nitrogens with zero attached hydrogens (tertiary/aromatic N) is 2. The van der Waals surface area contributed by atoms with Crippen molar-refractivity contribution in [1.29, 1.82) is 0 Å². The highest BCUT2D eigenvalue weighted by Crippen LogP contribution is 2.44. The number of rotatable bonds is 4. The predicted octanol–water partition coefficient (Wildman–Crippen LogP) is 11.3. The van der Waals surface area contributed by atoms with Gasteiger partial charge >= 0.3 is 0 Å². The Balaban J connectivity index is 1.34. The molecule has 0 amide bonds. The summed E-state index contributed by atoms with van der Waals surface area (Å²) in [5, 5.41) is 5.34. The lowest BCUT2D eigenvalue weighted by Gasteiger charge is -2.25. The van der Waals surface area contributed by atoms with Gasteiger partial charge in [-0.05, 0) is 73.5 Å². The molecule has 9 rings (SSSR count).